The third kappa shape index (κ3) is 2.76. The van der Waals surface area contributed by atoms with Crippen molar-refractivity contribution in [2.45, 2.75) is 11.5 Å². The number of benzene rings is 2. The molecule has 0 fully saturated rings. The number of hydrogen-bond donors (Lipinski definition) is 0. The van der Waals surface area contributed by atoms with Crippen molar-refractivity contribution in [2.24, 2.45) is 0 Å². The van der Waals surface area contributed by atoms with Crippen molar-refractivity contribution in [3.8, 4) is 17.2 Å². The molecule has 2 aromatic carbocycles. The minimum Gasteiger partial charge on any atom is -0.494 e. The van der Waals surface area contributed by atoms with E-state index < -0.39 is 11.2 Å². The van der Waals surface area contributed by atoms with Gasteiger partial charge in [0, 0.05) is 0 Å². The molecule has 3 rings (SSSR count). The van der Waals surface area contributed by atoms with Gasteiger partial charge >= 0.3 is 0 Å². The number of fused-ring (bicyclic) bond motifs is 1. The average molecular weight is 309 g/mol. The van der Waals surface area contributed by atoms with Crippen LogP contribution in [0.2, 0.25) is 0 Å². The van der Waals surface area contributed by atoms with E-state index in [2.05, 4.69) is 0 Å². The zero-order chi connectivity index (χ0) is 14.8. The number of halogens is 2. The van der Waals surface area contributed by atoms with E-state index in [1.807, 2.05) is 24.3 Å². The minimum absolute atomic E-state index is 0.189. The highest BCUT2D eigenvalue weighted by Gasteiger charge is 2.29. The lowest BCUT2D eigenvalue weighted by molar-refractivity contribution is 0.0877. The Labute approximate surface area is 127 Å². The maximum Gasteiger partial charge on any atom is 0.165 e. The second-order valence-corrected chi connectivity index (χ2v) is 5.18. The molecule has 0 saturated heterocycles. The largest absolute Gasteiger partial charge is 0.494 e. The number of hydrogen-bond acceptors (Lipinski definition) is 3. The topological polar surface area (TPSA) is 27.7 Å². The first-order chi connectivity index (χ1) is 10.2. The molecule has 1 heterocycles. The van der Waals surface area contributed by atoms with Crippen LogP contribution in [0.5, 0.6) is 17.2 Å². The van der Waals surface area contributed by atoms with Crippen LogP contribution in [0, 0.1) is 5.82 Å². The summed E-state index contributed by atoms with van der Waals surface area (Å²) in [5.74, 6) is 1.08. The number of rotatable bonds is 3. The Morgan fingerprint density at radius 2 is 2.00 bits per heavy atom. The van der Waals surface area contributed by atoms with Crippen molar-refractivity contribution in [1.82, 2.24) is 0 Å². The molecule has 0 bridgehead atoms. The maximum atomic E-state index is 13.8. The fourth-order valence-electron chi connectivity index (χ4n) is 2.25. The molecule has 0 aromatic heterocycles. The fraction of sp³-hybridized carbons (Fsp3) is 0.250. The molecule has 2 atom stereocenters. The summed E-state index contributed by atoms with van der Waals surface area (Å²) in [6.45, 7) is 0.318. The number of ether oxygens (including phenoxy) is 3. The van der Waals surface area contributed by atoms with E-state index in [9.17, 15) is 4.39 Å². The second kappa shape index (κ2) is 5.82. The van der Waals surface area contributed by atoms with Crippen LogP contribution in [0.1, 0.15) is 10.9 Å². The molecule has 2 aromatic rings. The predicted octanol–water partition coefficient (Wildman–Crippen LogP) is 3.95. The van der Waals surface area contributed by atoms with Gasteiger partial charge in [-0.3, -0.25) is 0 Å². The SMILES string of the molecule is COc1ccc(C(Cl)C2COc3ccccc3O2)cc1F. The molecule has 0 saturated carbocycles. The number of methoxy groups -OCH3 is 1. The lowest BCUT2D eigenvalue weighted by Gasteiger charge is -2.29. The monoisotopic (exact) mass is 308 g/mol. The third-order valence-corrected chi connectivity index (χ3v) is 3.88. The Kier molecular flexibility index (Phi) is 3.88. The zero-order valence-corrected chi connectivity index (χ0v) is 12.1. The van der Waals surface area contributed by atoms with E-state index in [4.69, 9.17) is 25.8 Å². The first kappa shape index (κ1) is 14.0. The van der Waals surface area contributed by atoms with Gasteiger partial charge in [-0.05, 0) is 29.8 Å². The van der Waals surface area contributed by atoms with E-state index in [0.29, 0.717) is 23.7 Å². The molecule has 0 N–H and O–H groups in total. The number of alkyl halides is 1. The van der Waals surface area contributed by atoms with Crippen LogP contribution in [0.15, 0.2) is 42.5 Å². The fourth-order valence-corrected chi connectivity index (χ4v) is 2.51. The van der Waals surface area contributed by atoms with Crippen molar-refractivity contribution in [3.05, 3.63) is 53.8 Å². The van der Waals surface area contributed by atoms with Gasteiger partial charge in [0.15, 0.2) is 29.2 Å². The van der Waals surface area contributed by atoms with Gasteiger partial charge in [0.25, 0.3) is 0 Å². The van der Waals surface area contributed by atoms with Gasteiger partial charge in [-0.1, -0.05) is 18.2 Å². The molecule has 1 aliphatic rings. The van der Waals surface area contributed by atoms with Gasteiger partial charge < -0.3 is 14.2 Å². The summed E-state index contributed by atoms with van der Waals surface area (Å²) in [6, 6.07) is 12.0. The van der Waals surface area contributed by atoms with E-state index in [1.54, 1.807) is 12.1 Å². The molecule has 21 heavy (non-hydrogen) atoms. The van der Waals surface area contributed by atoms with Crippen LogP contribution >= 0.6 is 11.6 Å². The van der Waals surface area contributed by atoms with E-state index in [1.165, 1.54) is 13.2 Å². The van der Waals surface area contributed by atoms with Gasteiger partial charge in [0.2, 0.25) is 0 Å². The van der Waals surface area contributed by atoms with Crippen molar-refractivity contribution in [3.63, 3.8) is 0 Å². The summed E-state index contributed by atoms with van der Waals surface area (Å²) in [5, 5.41) is -0.515. The molecule has 0 aliphatic carbocycles. The average Bonchev–Trinajstić information content (AvgIpc) is 2.53. The van der Waals surface area contributed by atoms with Gasteiger partial charge in [-0.25, -0.2) is 4.39 Å². The predicted molar refractivity (Wildman–Crippen MR) is 77.9 cm³/mol. The third-order valence-electron chi connectivity index (χ3n) is 3.35. The highest BCUT2D eigenvalue weighted by Crippen LogP contribution is 2.37. The zero-order valence-electron chi connectivity index (χ0n) is 11.4. The van der Waals surface area contributed by atoms with Crippen LogP contribution in [0.4, 0.5) is 4.39 Å². The van der Waals surface area contributed by atoms with E-state index in [-0.39, 0.29) is 11.9 Å². The van der Waals surface area contributed by atoms with Crippen LogP contribution in [0.25, 0.3) is 0 Å². The van der Waals surface area contributed by atoms with Crippen LogP contribution in [0.3, 0.4) is 0 Å². The van der Waals surface area contributed by atoms with Crippen LogP contribution in [-0.4, -0.2) is 19.8 Å². The summed E-state index contributed by atoms with van der Waals surface area (Å²) in [5.41, 5.74) is 0.628. The summed E-state index contributed by atoms with van der Waals surface area (Å²) in [6.07, 6.45) is -0.380. The highest BCUT2D eigenvalue weighted by molar-refractivity contribution is 6.21. The normalized spacial score (nSPS) is 18.1. The first-order valence-electron chi connectivity index (χ1n) is 6.55. The highest BCUT2D eigenvalue weighted by atomic mass is 35.5. The lowest BCUT2D eigenvalue weighted by atomic mass is 10.1. The maximum absolute atomic E-state index is 13.8. The molecule has 2 unspecified atom stereocenters. The second-order valence-electron chi connectivity index (χ2n) is 4.71. The molecule has 0 spiro atoms. The van der Waals surface area contributed by atoms with Gasteiger partial charge in [0.1, 0.15) is 6.61 Å². The van der Waals surface area contributed by atoms with E-state index >= 15 is 0 Å². The molecular weight excluding hydrogens is 295 g/mol. The quantitative estimate of drug-likeness (QED) is 0.803. The standard InChI is InChI=1S/C16H14ClFO3/c1-19-12-7-6-10(8-11(12)18)16(17)15-9-20-13-4-2-3-5-14(13)21-15/h2-8,15-16H,9H2,1H3. The van der Waals surface area contributed by atoms with Crippen LogP contribution in [-0.2, 0) is 0 Å². The molecule has 0 amide bonds. The Hall–Kier alpha value is -1.94. The van der Waals surface area contributed by atoms with Gasteiger partial charge in [0.05, 0.1) is 12.5 Å². The molecule has 3 nitrogen and oxygen atoms in total. The van der Waals surface area contributed by atoms with Gasteiger partial charge in [-0.2, -0.15) is 0 Å². The first-order valence-corrected chi connectivity index (χ1v) is 6.98. The molecule has 5 heteroatoms. The summed E-state index contributed by atoms with van der Waals surface area (Å²) in [7, 11) is 1.42. The van der Waals surface area contributed by atoms with Crippen molar-refractivity contribution < 1.29 is 18.6 Å². The smallest absolute Gasteiger partial charge is 0.165 e. The lowest BCUT2D eigenvalue weighted by Crippen LogP contribution is -2.32. The van der Waals surface area contributed by atoms with E-state index in [0.717, 1.165) is 0 Å². The van der Waals surface area contributed by atoms with Crippen molar-refractivity contribution in [1.29, 1.82) is 0 Å². The van der Waals surface area contributed by atoms with Crippen LogP contribution < -0.4 is 14.2 Å². The van der Waals surface area contributed by atoms with Gasteiger partial charge in [-0.15, -0.1) is 11.6 Å². The Morgan fingerprint density at radius 3 is 2.71 bits per heavy atom. The summed E-state index contributed by atoms with van der Waals surface area (Å²) in [4.78, 5) is 0. The van der Waals surface area contributed by atoms with Crippen molar-refractivity contribution in [2.75, 3.05) is 13.7 Å². The Morgan fingerprint density at radius 1 is 1.24 bits per heavy atom. The Bertz CT molecular complexity index is 647. The summed E-state index contributed by atoms with van der Waals surface area (Å²) < 4.78 is 30.1. The molecule has 0 radical (unpaired) electrons. The summed E-state index contributed by atoms with van der Waals surface area (Å²) >= 11 is 6.41. The molecule has 110 valence electrons. The molecule has 1 aliphatic heterocycles. The number of para-hydroxylation sites is 2. The molecular formula is C16H14ClFO3. The Balaban J connectivity index is 1.80. The minimum atomic E-state index is -0.515. The van der Waals surface area contributed by atoms with Crippen molar-refractivity contribution >= 4 is 11.6 Å².